The summed E-state index contributed by atoms with van der Waals surface area (Å²) in [5.74, 6) is 0.507. The van der Waals surface area contributed by atoms with Gasteiger partial charge in [-0.3, -0.25) is 0 Å². The molecule has 0 aliphatic rings. The lowest BCUT2D eigenvalue weighted by atomic mass is 10.2. The molecule has 0 saturated carbocycles. The van der Waals surface area contributed by atoms with Crippen LogP contribution in [-0.4, -0.2) is 4.98 Å². The van der Waals surface area contributed by atoms with E-state index in [-0.39, 0.29) is 0 Å². The Morgan fingerprint density at radius 3 is 2.39 bits per heavy atom. The molecule has 0 unspecified atom stereocenters. The predicted octanol–water partition coefficient (Wildman–Crippen LogP) is 5.56. The molecule has 0 spiro atoms. The maximum Gasteiger partial charge on any atom is 0.227 e. The molecule has 1 aromatic heterocycles. The topological polar surface area (TPSA) is 26.0 Å². The first-order valence-corrected chi connectivity index (χ1v) is 6.70. The molecule has 18 heavy (non-hydrogen) atoms. The molecule has 0 N–H and O–H groups in total. The van der Waals surface area contributed by atoms with Crippen LogP contribution in [0, 0.1) is 0 Å². The van der Waals surface area contributed by atoms with E-state index in [2.05, 4.69) is 20.9 Å². The third-order valence-electron chi connectivity index (χ3n) is 2.52. The Morgan fingerprint density at radius 2 is 1.72 bits per heavy atom. The van der Waals surface area contributed by atoms with Crippen LogP contribution in [0.1, 0.15) is 0 Å². The number of hydrogen-bond acceptors (Lipinski definition) is 2. The second-order valence-electron chi connectivity index (χ2n) is 3.74. The summed E-state index contributed by atoms with van der Waals surface area (Å²) < 4.78 is 6.33. The number of hydrogen-bond donors (Lipinski definition) is 0. The van der Waals surface area contributed by atoms with Gasteiger partial charge in [0.2, 0.25) is 5.89 Å². The average molecular weight is 343 g/mol. The molecule has 2 aromatic carbocycles. The summed E-state index contributed by atoms with van der Waals surface area (Å²) >= 11 is 15.4. The largest absolute Gasteiger partial charge is 0.436 e. The van der Waals surface area contributed by atoms with Crippen LogP contribution in [0.15, 0.2) is 45.3 Å². The van der Waals surface area contributed by atoms with Crippen molar-refractivity contribution in [3.05, 3.63) is 50.9 Å². The fraction of sp³-hybridized carbons (Fsp3) is 0. The molecule has 3 rings (SSSR count). The van der Waals surface area contributed by atoms with E-state index < -0.39 is 0 Å². The third-order valence-corrected chi connectivity index (χ3v) is 4.43. The Balaban J connectivity index is 2.20. The van der Waals surface area contributed by atoms with E-state index in [0.717, 1.165) is 16.7 Å². The van der Waals surface area contributed by atoms with E-state index >= 15 is 0 Å². The molecule has 1 heterocycles. The van der Waals surface area contributed by atoms with Crippen LogP contribution >= 0.6 is 39.1 Å². The Kier molecular flexibility index (Phi) is 3.06. The van der Waals surface area contributed by atoms with E-state index in [9.17, 15) is 0 Å². The van der Waals surface area contributed by atoms with Crippen LogP contribution in [0.5, 0.6) is 0 Å². The molecular formula is C13H6BrCl2NO. The van der Waals surface area contributed by atoms with Gasteiger partial charge in [-0.15, -0.1) is 0 Å². The molecule has 0 atom stereocenters. The molecule has 0 saturated heterocycles. The van der Waals surface area contributed by atoms with Crippen molar-refractivity contribution in [3.63, 3.8) is 0 Å². The summed E-state index contributed by atoms with van der Waals surface area (Å²) in [6, 6.07) is 11.1. The van der Waals surface area contributed by atoms with Crippen molar-refractivity contribution in [3.8, 4) is 11.5 Å². The van der Waals surface area contributed by atoms with E-state index in [0.29, 0.717) is 20.4 Å². The molecule has 0 aliphatic carbocycles. The number of oxazole rings is 1. The first-order chi connectivity index (χ1) is 8.65. The monoisotopic (exact) mass is 341 g/mol. The van der Waals surface area contributed by atoms with Crippen molar-refractivity contribution in [1.29, 1.82) is 0 Å². The van der Waals surface area contributed by atoms with Crippen LogP contribution in [0.25, 0.3) is 22.6 Å². The maximum atomic E-state index is 6.07. The zero-order valence-corrected chi connectivity index (χ0v) is 12.1. The molecule has 3 aromatic rings. The lowest BCUT2D eigenvalue weighted by Crippen LogP contribution is -1.80. The van der Waals surface area contributed by atoms with E-state index in [1.165, 1.54) is 0 Å². The number of fused-ring (bicyclic) bond motifs is 1. The van der Waals surface area contributed by atoms with Gasteiger partial charge in [-0.1, -0.05) is 35.3 Å². The van der Waals surface area contributed by atoms with Crippen LogP contribution in [0.4, 0.5) is 0 Å². The third kappa shape index (κ3) is 2.03. The molecule has 0 aliphatic heterocycles. The van der Waals surface area contributed by atoms with E-state index in [1.54, 1.807) is 12.1 Å². The fourth-order valence-corrected chi connectivity index (χ4v) is 2.39. The number of benzene rings is 2. The van der Waals surface area contributed by atoms with Gasteiger partial charge in [0.05, 0.1) is 14.5 Å². The normalized spacial score (nSPS) is 11.1. The number of halogens is 3. The standard InChI is InChI=1S/C13H6BrCl2NO/c14-12-8(15)5-7(6-9(12)16)13-17-10-3-1-2-4-11(10)18-13/h1-6H. The molecular weight excluding hydrogens is 337 g/mol. The van der Waals surface area contributed by atoms with Gasteiger partial charge in [0.1, 0.15) is 5.52 Å². The fourth-order valence-electron chi connectivity index (χ4n) is 1.67. The van der Waals surface area contributed by atoms with E-state index in [4.69, 9.17) is 27.6 Å². The molecule has 0 radical (unpaired) electrons. The number of nitrogens with zero attached hydrogens (tertiary/aromatic N) is 1. The Labute approximate surface area is 122 Å². The highest BCUT2D eigenvalue weighted by Crippen LogP contribution is 2.35. The smallest absolute Gasteiger partial charge is 0.227 e. The van der Waals surface area contributed by atoms with Crippen LogP contribution < -0.4 is 0 Å². The van der Waals surface area contributed by atoms with Crippen molar-refractivity contribution in [2.24, 2.45) is 0 Å². The second kappa shape index (κ2) is 4.57. The molecule has 90 valence electrons. The SMILES string of the molecule is Clc1cc(-c2nc3ccccc3o2)cc(Cl)c1Br. The molecule has 0 bridgehead atoms. The predicted molar refractivity (Wildman–Crippen MR) is 77.2 cm³/mol. The maximum absolute atomic E-state index is 6.07. The molecule has 2 nitrogen and oxygen atoms in total. The van der Waals surface area contributed by atoms with Crippen LogP contribution in [0.3, 0.4) is 0 Å². The molecule has 0 fully saturated rings. The summed E-state index contributed by atoms with van der Waals surface area (Å²) in [7, 11) is 0. The van der Waals surface area contributed by atoms with Crippen molar-refractivity contribution < 1.29 is 4.42 Å². The van der Waals surface area contributed by atoms with Gasteiger partial charge in [-0.25, -0.2) is 4.98 Å². The number of rotatable bonds is 1. The first kappa shape index (κ1) is 12.0. The van der Waals surface area contributed by atoms with Crippen LogP contribution in [-0.2, 0) is 0 Å². The van der Waals surface area contributed by atoms with Gasteiger partial charge in [0.15, 0.2) is 5.58 Å². The van der Waals surface area contributed by atoms with Crippen molar-refractivity contribution in [1.82, 2.24) is 4.98 Å². The van der Waals surface area contributed by atoms with E-state index in [1.807, 2.05) is 24.3 Å². The Bertz CT molecular complexity index is 683. The first-order valence-electron chi connectivity index (χ1n) is 5.15. The summed E-state index contributed by atoms with van der Waals surface area (Å²) in [6.07, 6.45) is 0. The Morgan fingerprint density at radius 1 is 1.06 bits per heavy atom. The summed E-state index contributed by atoms with van der Waals surface area (Å²) in [5, 5.41) is 1.06. The summed E-state index contributed by atoms with van der Waals surface area (Å²) in [4.78, 5) is 4.40. The van der Waals surface area contributed by atoms with Gasteiger partial charge in [-0.05, 0) is 40.2 Å². The van der Waals surface area contributed by atoms with Crippen molar-refractivity contribution in [2.75, 3.05) is 0 Å². The van der Waals surface area contributed by atoms with Gasteiger partial charge < -0.3 is 4.42 Å². The quantitative estimate of drug-likeness (QED) is 0.541. The number of para-hydroxylation sites is 2. The zero-order chi connectivity index (χ0) is 12.7. The summed E-state index contributed by atoms with van der Waals surface area (Å²) in [6.45, 7) is 0. The lowest BCUT2D eigenvalue weighted by molar-refractivity contribution is 0.620. The highest BCUT2D eigenvalue weighted by Gasteiger charge is 2.12. The molecule has 0 amide bonds. The highest BCUT2D eigenvalue weighted by molar-refractivity contribution is 9.10. The zero-order valence-electron chi connectivity index (χ0n) is 8.95. The highest BCUT2D eigenvalue weighted by atomic mass is 79.9. The van der Waals surface area contributed by atoms with Gasteiger partial charge in [0, 0.05) is 5.56 Å². The van der Waals surface area contributed by atoms with Crippen molar-refractivity contribution in [2.45, 2.75) is 0 Å². The van der Waals surface area contributed by atoms with Gasteiger partial charge in [-0.2, -0.15) is 0 Å². The van der Waals surface area contributed by atoms with Crippen molar-refractivity contribution >= 4 is 50.2 Å². The molecule has 5 heteroatoms. The minimum absolute atomic E-state index is 0.507. The lowest BCUT2D eigenvalue weighted by Gasteiger charge is -2.01. The minimum atomic E-state index is 0.507. The average Bonchev–Trinajstić information content (AvgIpc) is 2.79. The van der Waals surface area contributed by atoms with Gasteiger partial charge in [0.25, 0.3) is 0 Å². The van der Waals surface area contributed by atoms with Crippen LogP contribution in [0.2, 0.25) is 10.0 Å². The summed E-state index contributed by atoms with van der Waals surface area (Å²) in [5.41, 5.74) is 2.30. The Hall–Kier alpha value is -1.03. The van der Waals surface area contributed by atoms with Gasteiger partial charge >= 0.3 is 0 Å². The number of aromatic nitrogens is 1. The second-order valence-corrected chi connectivity index (χ2v) is 5.35. The minimum Gasteiger partial charge on any atom is -0.436 e.